The minimum atomic E-state index is 0.653. The van der Waals surface area contributed by atoms with E-state index in [9.17, 15) is 4.79 Å². The monoisotopic (exact) mass is 146 g/mol. The maximum Gasteiger partial charge on any atom is 0.152 e. The van der Waals surface area contributed by atoms with Crippen LogP contribution in [0.15, 0.2) is 24.4 Å². The summed E-state index contributed by atoms with van der Waals surface area (Å²) in [6.45, 7) is 0. The predicted molar refractivity (Wildman–Crippen MR) is 41.5 cm³/mol. The van der Waals surface area contributed by atoms with Gasteiger partial charge < -0.3 is 0 Å². The quantitative estimate of drug-likeness (QED) is 0.617. The third-order valence-electron chi connectivity index (χ3n) is 1.64. The molecule has 2 rings (SSSR count). The zero-order valence-corrected chi connectivity index (χ0v) is 5.74. The molecule has 0 atom stereocenters. The smallest absolute Gasteiger partial charge is 0.152 e. The number of hydrogen-bond acceptors (Lipinski definition) is 2. The van der Waals surface area contributed by atoms with Crippen LogP contribution in [0.3, 0.4) is 0 Å². The second-order valence-electron chi connectivity index (χ2n) is 2.30. The van der Waals surface area contributed by atoms with Gasteiger partial charge >= 0.3 is 0 Å². The van der Waals surface area contributed by atoms with E-state index in [1.807, 2.05) is 12.1 Å². The van der Waals surface area contributed by atoms with Crippen LogP contribution in [0.5, 0.6) is 0 Å². The minimum Gasteiger partial charge on any atom is -0.298 e. The Morgan fingerprint density at radius 3 is 3.18 bits per heavy atom. The molecule has 54 valence electrons. The highest BCUT2D eigenvalue weighted by Crippen LogP contribution is 2.12. The van der Waals surface area contributed by atoms with E-state index in [1.165, 1.54) is 0 Å². The first-order valence-electron chi connectivity index (χ1n) is 3.29. The number of nitrogens with zero attached hydrogens (tertiary/aromatic N) is 1. The molecule has 0 aliphatic carbocycles. The molecule has 0 saturated carbocycles. The lowest BCUT2D eigenvalue weighted by Crippen LogP contribution is -1.80. The Bertz CT molecular complexity index is 392. The first-order chi connectivity index (χ1) is 5.42. The second-order valence-corrected chi connectivity index (χ2v) is 2.30. The number of rotatable bonds is 1. The molecule has 3 heteroatoms. The standard InChI is InChI=1S/C8H6N2O/c11-5-7-3-1-2-6-4-9-10-8(6)7/h1-5H,(H,9,10). The number of fused-ring (bicyclic) bond motifs is 1. The molecule has 0 spiro atoms. The van der Waals surface area contributed by atoms with Gasteiger partial charge in [0.1, 0.15) is 0 Å². The van der Waals surface area contributed by atoms with Gasteiger partial charge in [0.25, 0.3) is 0 Å². The average Bonchev–Trinajstić information content (AvgIpc) is 2.50. The molecule has 0 saturated heterocycles. The fourth-order valence-corrected chi connectivity index (χ4v) is 1.09. The number of hydrogen-bond donors (Lipinski definition) is 1. The maximum absolute atomic E-state index is 10.5. The van der Waals surface area contributed by atoms with Gasteiger partial charge in [-0.2, -0.15) is 5.10 Å². The first-order valence-corrected chi connectivity index (χ1v) is 3.29. The number of nitrogens with one attached hydrogen (secondary N) is 1. The van der Waals surface area contributed by atoms with E-state index in [4.69, 9.17) is 0 Å². The Hall–Kier alpha value is -1.64. The van der Waals surface area contributed by atoms with Crippen molar-refractivity contribution in [3.05, 3.63) is 30.0 Å². The number of H-pyrrole nitrogens is 1. The number of carbonyl (C=O) groups excluding carboxylic acids is 1. The number of carbonyl (C=O) groups is 1. The number of para-hydroxylation sites is 1. The molecule has 0 amide bonds. The summed E-state index contributed by atoms with van der Waals surface area (Å²) in [7, 11) is 0. The highest BCUT2D eigenvalue weighted by molar-refractivity contribution is 5.95. The SMILES string of the molecule is O=Cc1cccc2cn[nH]c12. The molecule has 0 aliphatic heterocycles. The number of aromatic amines is 1. The van der Waals surface area contributed by atoms with E-state index in [-0.39, 0.29) is 0 Å². The summed E-state index contributed by atoms with van der Waals surface area (Å²) in [5, 5.41) is 7.55. The van der Waals surface area contributed by atoms with Crippen molar-refractivity contribution < 1.29 is 4.79 Å². The molecule has 0 aliphatic rings. The van der Waals surface area contributed by atoms with E-state index in [1.54, 1.807) is 12.3 Å². The van der Waals surface area contributed by atoms with Crippen LogP contribution in [0.4, 0.5) is 0 Å². The number of aromatic nitrogens is 2. The van der Waals surface area contributed by atoms with Crippen LogP contribution in [-0.4, -0.2) is 16.5 Å². The van der Waals surface area contributed by atoms with E-state index in [0.717, 1.165) is 17.2 Å². The van der Waals surface area contributed by atoms with Gasteiger partial charge in [0.15, 0.2) is 6.29 Å². The predicted octanol–water partition coefficient (Wildman–Crippen LogP) is 1.38. The molecule has 0 radical (unpaired) electrons. The lowest BCUT2D eigenvalue weighted by Gasteiger charge is -1.90. The summed E-state index contributed by atoms with van der Waals surface area (Å²) in [4.78, 5) is 10.5. The number of benzene rings is 1. The zero-order chi connectivity index (χ0) is 7.68. The Kier molecular flexibility index (Phi) is 1.22. The first kappa shape index (κ1) is 6.09. The second kappa shape index (κ2) is 2.20. The molecule has 2 aromatic rings. The molecular weight excluding hydrogens is 140 g/mol. The summed E-state index contributed by atoms with van der Waals surface area (Å²) < 4.78 is 0. The van der Waals surface area contributed by atoms with Gasteiger partial charge in [-0.15, -0.1) is 0 Å². The van der Waals surface area contributed by atoms with E-state index >= 15 is 0 Å². The molecule has 0 unspecified atom stereocenters. The van der Waals surface area contributed by atoms with E-state index in [0.29, 0.717) is 5.56 Å². The summed E-state index contributed by atoms with van der Waals surface area (Å²) in [5.74, 6) is 0. The molecule has 1 aromatic heterocycles. The largest absolute Gasteiger partial charge is 0.298 e. The lowest BCUT2D eigenvalue weighted by molar-refractivity contribution is 0.112. The normalized spacial score (nSPS) is 10.2. The van der Waals surface area contributed by atoms with E-state index < -0.39 is 0 Å². The van der Waals surface area contributed by atoms with Gasteiger partial charge in [0.05, 0.1) is 11.7 Å². The molecular formula is C8H6N2O. The van der Waals surface area contributed by atoms with Gasteiger partial charge in [-0.1, -0.05) is 12.1 Å². The van der Waals surface area contributed by atoms with Crippen molar-refractivity contribution in [1.29, 1.82) is 0 Å². The van der Waals surface area contributed by atoms with Crippen molar-refractivity contribution in [3.63, 3.8) is 0 Å². The van der Waals surface area contributed by atoms with Crippen molar-refractivity contribution in [2.75, 3.05) is 0 Å². The van der Waals surface area contributed by atoms with Gasteiger partial charge in [0.2, 0.25) is 0 Å². The molecule has 1 heterocycles. The van der Waals surface area contributed by atoms with Crippen molar-refractivity contribution in [2.45, 2.75) is 0 Å². The van der Waals surface area contributed by atoms with Gasteiger partial charge in [0, 0.05) is 10.9 Å². The summed E-state index contributed by atoms with van der Waals surface area (Å²) in [6, 6.07) is 5.50. The molecule has 11 heavy (non-hydrogen) atoms. The fourth-order valence-electron chi connectivity index (χ4n) is 1.09. The van der Waals surface area contributed by atoms with Crippen LogP contribution < -0.4 is 0 Å². The Balaban J connectivity index is 2.88. The van der Waals surface area contributed by atoms with Crippen LogP contribution in [-0.2, 0) is 0 Å². The molecule has 0 bridgehead atoms. The highest BCUT2D eigenvalue weighted by Gasteiger charge is 1.98. The van der Waals surface area contributed by atoms with Crippen LogP contribution >= 0.6 is 0 Å². The maximum atomic E-state index is 10.5. The third-order valence-corrected chi connectivity index (χ3v) is 1.64. The number of aldehydes is 1. The Morgan fingerprint density at radius 1 is 1.45 bits per heavy atom. The van der Waals surface area contributed by atoms with E-state index in [2.05, 4.69) is 10.2 Å². The van der Waals surface area contributed by atoms with Gasteiger partial charge in [-0.05, 0) is 6.07 Å². The fraction of sp³-hybridized carbons (Fsp3) is 0. The van der Waals surface area contributed by atoms with Crippen LogP contribution in [0, 0.1) is 0 Å². The summed E-state index contributed by atoms with van der Waals surface area (Å²) in [6.07, 6.45) is 2.52. The Labute approximate surface area is 63.0 Å². The van der Waals surface area contributed by atoms with Gasteiger partial charge in [-0.25, -0.2) is 0 Å². The van der Waals surface area contributed by atoms with Gasteiger partial charge in [-0.3, -0.25) is 9.89 Å². The molecule has 0 fully saturated rings. The van der Waals surface area contributed by atoms with Crippen LogP contribution in [0.2, 0.25) is 0 Å². The highest BCUT2D eigenvalue weighted by atomic mass is 16.1. The van der Waals surface area contributed by atoms with Crippen LogP contribution in [0.25, 0.3) is 10.9 Å². The van der Waals surface area contributed by atoms with Crippen molar-refractivity contribution in [3.8, 4) is 0 Å². The minimum absolute atomic E-state index is 0.653. The summed E-state index contributed by atoms with van der Waals surface area (Å²) in [5.41, 5.74) is 1.46. The molecule has 1 N–H and O–H groups in total. The van der Waals surface area contributed by atoms with Crippen LogP contribution in [0.1, 0.15) is 10.4 Å². The average molecular weight is 146 g/mol. The van der Waals surface area contributed by atoms with Crippen molar-refractivity contribution >= 4 is 17.2 Å². The Morgan fingerprint density at radius 2 is 2.36 bits per heavy atom. The molecule has 3 nitrogen and oxygen atoms in total. The third kappa shape index (κ3) is 0.816. The van der Waals surface area contributed by atoms with Crippen molar-refractivity contribution in [1.82, 2.24) is 10.2 Å². The topological polar surface area (TPSA) is 45.8 Å². The van der Waals surface area contributed by atoms with Crippen molar-refractivity contribution in [2.24, 2.45) is 0 Å². The molecule has 1 aromatic carbocycles. The lowest BCUT2D eigenvalue weighted by atomic mass is 10.2. The summed E-state index contributed by atoms with van der Waals surface area (Å²) >= 11 is 0. The zero-order valence-electron chi connectivity index (χ0n) is 5.74.